The van der Waals surface area contributed by atoms with Crippen LogP contribution in [0.15, 0.2) is 18.2 Å². The van der Waals surface area contributed by atoms with Gasteiger partial charge in [0.25, 0.3) is 0 Å². The Balaban J connectivity index is 2.23. The summed E-state index contributed by atoms with van der Waals surface area (Å²) in [5.41, 5.74) is 7.52. The molecule has 86 valence electrons. The maximum Gasteiger partial charge on any atom is 0.227 e. The molecule has 0 spiro atoms. The number of carbonyl (C=O) groups is 1. The summed E-state index contributed by atoms with van der Waals surface area (Å²) in [5, 5.41) is 0. The summed E-state index contributed by atoms with van der Waals surface area (Å²) >= 11 is 0. The van der Waals surface area contributed by atoms with Gasteiger partial charge in [0.15, 0.2) is 0 Å². The molecule has 4 heteroatoms. The summed E-state index contributed by atoms with van der Waals surface area (Å²) in [6.07, 6.45) is 1.36. The summed E-state index contributed by atoms with van der Waals surface area (Å²) in [5.74, 6) is 0.995. The van der Waals surface area contributed by atoms with Crippen molar-refractivity contribution < 1.29 is 9.53 Å². The summed E-state index contributed by atoms with van der Waals surface area (Å²) in [4.78, 5) is 13.2. The first-order valence-electron chi connectivity index (χ1n) is 5.44. The molecule has 1 aromatic carbocycles. The molecule has 0 radical (unpaired) electrons. The highest BCUT2D eigenvalue weighted by molar-refractivity contribution is 5.95. The van der Waals surface area contributed by atoms with Crippen LogP contribution in [-0.2, 0) is 11.2 Å². The first kappa shape index (κ1) is 11.0. The molecule has 1 amide bonds. The number of fused-ring (bicyclic) bond motifs is 1. The second-order valence-electron chi connectivity index (χ2n) is 3.88. The van der Waals surface area contributed by atoms with Crippen LogP contribution in [0.1, 0.15) is 12.0 Å². The van der Waals surface area contributed by atoms with E-state index in [1.165, 1.54) is 0 Å². The van der Waals surface area contributed by atoms with Crippen molar-refractivity contribution in [3.05, 3.63) is 23.8 Å². The average Bonchev–Trinajstić information content (AvgIpc) is 2.31. The molecule has 1 aliphatic rings. The van der Waals surface area contributed by atoms with Gasteiger partial charge in [-0.3, -0.25) is 4.79 Å². The first-order valence-corrected chi connectivity index (χ1v) is 5.44. The van der Waals surface area contributed by atoms with E-state index < -0.39 is 0 Å². The van der Waals surface area contributed by atoms with Gasteiger partial charge >= 0.3 is 0 Å². The summed E-state index contributed by atoms with van der Waals surface area (Å²) in [6, 6.07) is 5.80. The van der Waals surface area contributed by atoms with E-state index in [1.807, 2.05) is 18.2 Å². The molecular formula is C12H16N2O2. The zero-order valence-corrected chi connectivity index (χ0v) is 9.40. The molecule has 0 bridgehead atoms. The van der Waals surface area contributed by atoms with Crippen LogP contribution in [0.3, 0.4) is 0 Å². The number of ether oxygens (including phenoxy) is 1. The third kappa shape index (κ3) is 2.02. The normalized spacial score (nSPS) is 14.9. The van der Waals surface area contributed by atoms with Crippen molar-refractivity contribution in [1.82, 2.24) is 0 Å². The lowest BCUT2D eigenvalue weighted by atomic mass is 10.0. The van der Waals surface area contributed by atoms with Gasteiger partial charge in [-0.15, -0.1) is 0 Å². The number of amides is 1. The van der Waals surface area contributed by atoms with E-state index in [-0.39, 0.29) is 5.91 Å². The molecule has 4 nitrogen and oxygen atoms in total. The van der Waals surface area contributed by atoms with Gasteiger partial charge in [-0.2, -0.15) is 0 Å². The van der Waals surface area contributed by atoms with Crippen LogP contribution >= 0.6 is 0 Å². The fourth-order valence-corrected chi connectivity index (χ4v) is 1.90. The van der Waals surface area contributed by atoms with Gasteiger partial charge in [-0.05, 0) is 30.2 Å². The van der Waals surface area contributed by atoms with E-state index in [2.05, 4.69) is 0 Å². The second-order valence-corrected chi connectivity index (χ2v) is 3.88. The third-order valence-corrected chi connectivity index (χ3v) is 2.78. The lowest BCUT2D eigenvalue weighted by molar-refractivity contribution is -0.118. The topological polar surface area (TPSA) is 55.6 Å². The van der Waals surface area contributed by atoms with Gasteiger partial charge in [0.1, 0.15) is 12.4 Å². The van der Waals surface area contributed by atoms with Crippen molar-refractivity contribution in [2.45, 2.75) is 12.8 Å². The maximum absolute atomic E-state index is 11.5. The third-order valence-electron chi connectivity index (χ3n) is 2.78. The second kappa shape index (κ2) is 4.53. The van der Waals surface area contributed by atoms with Crippen molar-refractivity contribution in [3.8, 4) is 5.75 Å². The number of nitrogens with two attached hydrogens (primary N) is 1. The highest BCUT2D eigenvalue weighted by atomic mass is 16.5. The zero-order chi connectivity index (χ0) is 11.5. The molecule has 0 saturated carbocycles. The van der Waals surface area contributed by atoms with Gasteiger partial charge < -0.3 is 15.4 Å². The van der Waals surface area contributed by atoms with Crippen molar-refractivity contribution in [2.24, 2.45) is 5.73 Å². The quantitative estimate of drug-likeness (QED) is 0.824. The van der Waals surface area contributed by atoms with Crippen molar-refractivity contribution in [3.63, 3.8) is 0 Å². The Morgan fingerprint density at radius 2 is 2.25 bits per heavy atom. The standard InChI is InChI=1S/C12H16N2O2/c1-14-11-4-3-10(16-7-6-13)8-9(11)2-5-12(14)15/h3-4,8H,2,5-7,13H2,1H3. The van der Waals surface area contributed by atoms with Gasteiger partial charge in [0.2, 0.25) is 5.91 Å². The lowest BCUT2D eigenvalue weighted by Crippen LogP contribution is -2.31. The van der Waals surface area contributed by atoms with Crippen LogP contribution in [0, 0.1) is 0 Å². The van der Waals surface area contributed by atoms with Crippen molar-refractivity contribution in [1.29, 1.82) is 0 Å². The molecule has 0 unspecified atom stereocenters. The van der Waals surface area contributed by atoms with E-state index in [4.69, 9.17) is 10.5 Å². The average molecular weight is 220 g/mol. The van der Waals surface area contributed by atoms with Crippen LogP contribution in [0.25, 0.3) is 0 Å². The minimum Gasteiger partial charge on any atom is -0.492 e. The van der Waals surface area contributed by atoms with Crippen molar-refractivity contribution >= 4 is 11.6 Å². The Hall–Kier alpha value is -1.55. The minimum atomic E-state index is 0.170. The van der Waals surface area contributed by atoms with Crippen LogP contribution in [-0.4, -0.2) is 26.1 Å². The SMILES string of the molecule is CN1C(=O)CCc2cc(OCCN)ccc21. The van der Waals surface area contributed by atoms with Gasteiger partial charge in [-0.1, -0.05) is 0 Å². The molecule has 1 heterocycles. The number of benzene rings is 1. The van der Waals surface area contributed by atoms with Gasteiger partial charge in [0.05, 0.1) is 0 Å². The lowest BCUT2D eigenvalue weighted by Gasteiger charge is -2.26. The Morgan fingerprint density at radius 1 is 1.44 bits per heavy atom. The highest BCUT2D eigenvalue weighted by Gasteiger charge is 2.20. The van der Waals surface area contributed by atoms with Gasteiger partial charge in [-0.25, -0.2) is 0 Å². The fraction of sp³-hybridized carbons (Fsp3) is 0.417. The van der Waals surface area contributed by atoms with Crippen LogP contribution in [0.4, 0.5) is 5.69 Å². The Kier molecular flexibility index (Phi) is 3.10. The Bertz CT molecular complexity index is 404. The number of nitrogens with zero attached hydrogens (tertiary/aromatic N) is 1. The molecule has 0 aliphatic carbocycles. The van der Waals surface area contributed by atoms with E-state index in [0.717, 1.165) is 23.4 Å². The molecule has 0 fully saturated rings. The number of hydrogen-bond acceptors (Lipinski definition) is 3. The van der Waals surface area contributed by atoms with E-state index >= 15 is 0 Å². The number of hydrogen-bond donors (Lipinski definition) is 1. The van der Waals surface area contributed by atoms with E-state index in [1.54, 1.807) is 11.9 Å². The predicted molar refractivity (Wildman–Crippen MR) is 62.7 cm³/mol. The number of rotatable bonds is 3. The number of aryl methyl sites for hydroxylation is 1. The highest BCUT2D eigenvalue weighted by Crippen LogP contribution is 2.29. The predicted octanol–water partition coefficient (Wildman–Crippen LogP) is 0.933. The van der Waals surface area contributed by atoms with Crippen LogP contribution < -0.4 is 15.4 Å². The van der Waals surface area contributed by atoms with Crippen LogP contribution in [0.5, 0.6) is 5.75 Å². The molecule has 2 N–H and O–H groups in total. The molecule has 0 aromatic heterocycles. The Morgan fingerprint density at radius 3 is 3.00 bits per heavy atom. The summed E-state index contributed by atoms with van der Waals surface area (Å²) < 4.78 is 5.45. The zero-order valence-electron chi connectivity index (χ0n) is 9.40. The smallest absolute Gasteiger partial charge is 0.227 e. The Labute approximate surface area is 95.0 Å². The minimum absolute atomic E-state index is 0.170. The number of anilines is 1. The summed E-state index contributed by atoms with van der Waals surface area (Å²) in [7, 11) is 1.81. The van der Waals surface area contributed by atoms with Crippen molar-refractivity contribution in [2.75, 3.05) is 25.1 Å². The van der Waals surface area contributed by atoms with E-state index in [9.17, 15) is 4.79 Å². The molecule has 0 atom stereocenters. The number of carbonyl (C=O) groups excluding carboxylic acids is 1. The van der Waals surface area contributed by atoms with Gasteiger partial charge in [0, 0.05) is 25.7 Å². The monoisotopic (exact) mass is 220 g/mol. The molecule has 0 saturated heterocycles. The van der Waals surface area contributed by atoms with E-state index in [0.29, 0.717) is 19.6 Å². The fourth-order valence-electron chi connectivity index (χ4n) is 1.90. The molecule has 16 heavy (non-hydrogen) atoms. The molecular weight excluding hydrogens is 204 g/mol. The largest absolute Gasteiger partial charge is 0.492 e. The first-order chi connectivity index (χ1) is 7.72. The van der Waals surface area contributed by atoms with Crippen LogP contribution in [0.2, 0.25) is 0 Å². The summed E-state index contributed by atoms with van der Waals surface area (Å²) in [6.45, 7) is 1.03. The molecule has 2 rings (SSSR count). The molecule has 1 aliphatic heterocycles. The maximum atomic E-state index is 11.5. The molecule has 1 aromatic rings.